The van der Waals surface area contributed by atoms with E-state index in [0.29, 0.717) is 11.6 Å². The number of aromatic nitrogens is 2. The minimum Gasteiger partial charge on any atom is -0.384 e. The van der Waals surface area contributed by atoms with Gasteiger partial charge in [0.2, 0.25) is 5.91 Å². The fourth-order valence-electron chi connectivity index (χ4n) is 1.40. The zero-order chi connectivity index (χ0) is 12.1. The number of hydrogen-bond acceptors (Lipinski definition) is 4. The van der Waals surface area contributed by atoms with Crippen molar-refractivity contribution in [3.63, 3.8) is 0 Å². The first-order chi connectivity index (χ1) is 8.24. The molecule has 2 aromatic heterocycles. The maximum atomic E-state index is 11.7. The summed E-state index contributed by atoms with van der Waals surface area (Å²) in [5.74, 6) is 0.694. The van der Waals surface area contributed by atoms with Crippen molar-refractivity contribution in [2.75, 3.05) is 11.1 Å². The quantitative estimate of drug-likeness (QED) is 0.828. The number of nitrogens with zero attached hydrogens (tertiary/aromatic N) is 2. The summed E-state index contributed by atoms with van der Waals surface area (Å²) in [6.45, 7) is 0. The molecule has 2 rings (SSSR count). The fraction of sp³-hybridized carbons (Fsp3) is 0.0833. The lowest BCUT2D eigenvalue weighted by Gasteiger charge is -2.04. The molecule has 5 heteroatoms. The van der Waals surface area contributed by atoms with Gasteiger partial charge in [0.1, 0.15) is 11.6 Å². The molecule has 1 amide bonds. The van der Waals surface area contributed by atoms with Crippen molar-refractivity contribution in [2.45, 2.75) is 6.42 Å². The number of nitrogen functional groups attached to an aromatic ring is 1. The Morgan fingerprint density at radius 2 is 2.18 bits per heavy atom. The summed E-state index contributed by atoms with van der Waals surface area (Å²) in [4.78, 5) is 19.6. The molecule has 0 aliphatic rings. The molecule has 86 valence electrons. The van der Waals surface area contributed by atoms with E-state index < -0.39 is 0 Å². The fourth-order valence-corrected chi connectivity index (χ4v) is 1.40. The van der Waals surface area contributed by atoms with Gasteiger partial charge in [-0.15, -0.1) is 0 Å². The molecule has 0 unspecified atom stereocenters. The van der Waals surface area contributed by atoms with Crippen LogP contribution >= 0.6 is 0 Å². The molecule has 0 spiro atoms. The average Bonchev–Trinajstić information content (AvgIpc) is 2.30. The average molecular weight is 228 g/mol. The van der Waals surface area contributed by atoms with Crippen LogP contribution in [0.4, 0.5) is 11.6 Å². The minimum absolute atomic E-state index is 0.142. The highest BCUT2D eigenvalue weighted by Crippen LogP contribution is 2.06. The molecule has 0 saturated heterocycles. The van der Waals surface area contributed by atoms with Crippen LogP contribution in [-0.2, 0) is 11.2 Å². The Kier molecular flexibility index (Phi) is 3.30. The molecule has 0 bridgehead atoms. The maximum absolute atomic E-state index is 11.7. The van der Waals surface area contributed by atoms with Crippen LogP contribution in [0, 0.1) is 0 Å². The van der Waals surface area contributed by atoms with E-state index in [1.165, 1.54) is 0 Å². The van der Waals surface area contributed by atoms with Crippen LogP contribution in [0.15, 0.2) is 42.7 Å². The SMILES string of the molecule is Nc1cccc(NC(=O)Cc2cccnc2)n1. The summed E-state index contributed by atoms with van der Waals surface area (Å²) in [6.07, 6.45) is 3.59. The van der Waals surface area contributed by atoms with Crippen LogP contribution in [0.25, 0.3) is 0 Å². The van der Waals surface area contributed by atoms with E-state index >= 15 is 0 Å². The van der Waals surface area contributed by atoms with Gasteiger partial charge in [0.25, 0.3) is 0 Å². The van der Waals surface area contributed by atoms with E-state index in [4.69, 9.17) is 5.73 Å². The molecule has 0 fully saturated rings. The number of nitrogens with two attached hydrogens (primary N) is 1. The molecule has 0 radical (unpaired) electrons. The summed E-state index contributed by atoms with van der Waals surface area (Å²) in [5, 5.41) is 2.67. The van der Waals surface area contributed by atoms with Crippen molar-refractivity contribution >= 4 is 17.5 Å². The lowest BCUT2D eigenvalue weighted by molar-refractivity contribution is -0.115. The zero-order valence-electron chi connectivity index (χ0n) is 9.13. The Hall–Kier alpha value is -2.43. The topological polar surface area (TPSA) is 80.9 Å². The largest absolute Gasteiger partial charge is 0.384 e. The molecule has 0 saturated carbocycles. The monoisotopic (exact) mass is 228 g/mol. The van der Waals surface area contributed by atoms with Crippen LogP contribution in [0.5, 0.6) is 0 Å². The van der Waals surface area contributed by atoms with Gasteiger partial charge in [-0.25, -0.2) is 4.98 Å². The van der Waals surface area contributed by atoms with Gasteiger partial charge in [0, 0.05) is 12.4 Å². The Morgan fingerprint density at radius 3 is 2.88 bits per heavy atom. The molecule has 0 aliphatic heterocycles. The second-order valence-corrected chi connectivity index (χ2v) is 3.53. The number of pyridine rings is 2. The number of hydrogen-bond donors (Lipinski definition) is 2. The standard InChI is InChI=1S/C12H12N4O/c13-10-4-1-5-11(15-10)16-12(17)7-9-3-2-6-14-8-9/h1-6,8H,7H2,(H3,13,15,16,17). The Morgan fingerprint density at radius 1 is 1.29 bits per heavy atom. The van der Waals surface area contributed by atoms with Gasteiger partial charge in [0.15, 0.2) is 0 Å². The van der Waals surface area contributed by atoms with Crippen LogP contribution in [-0.4, -0.2) is 15.9 Å². The first-order valence-corrected chi connectivity index (χ1v) is 5.15. The maximum Gasteiger partial charge on any atom is 0.230 e. The van der Waals surface area contributed by atoms with Crippen molar-refractivity contribution in [1.29, 1.82) is 0 Å². The highest BCUT2D eigenvalue weighted by atomic mass is 16.1. The molecule has 2 aromatic rings. The van der Waals surface area contributed by atoms with Crippen LogP contribution in [0.1, 0.15) is 5.56 Å². The van der Waals surface area contributed by atoms with Crippen LogP contribution in [0.2, 0.25) is 0 Å². The van der Waals surface area contributed by atoms with Crippen molar-refractivity contribution < 1.29 is 4.79 Å². The number of carbonyl (C=O) groups excluding carboxylic acids is 1. The van der Waals surface area contributed by atoms with E-state index in [9.17, 15) is 4.79 Å². The van der Waals surface area contributed by atoms with Gasteiger partial charge < -0.3 is 11.1 Å². The van der Waals surface area contributed by atoms with E-state index in [2.05, 4.69) is 15.3 Å². The van der Waals surface area contributed by atoms with E-state index in [1.54, 1.807) is 36.7 Å². The van der Waals surface area contributed by atoms with Gasteiger partial charge in [-0.1, -0.05) is 12.1 Å². The lowest BCUT2D eigenvalue weighted by Crippen LogP contribution is -2.15. The molecular formula is C12H12N4O. The van der Waals surface area contributed by atoms with Gasteiger partial charge in [-0.3, -0.25) is 9.78 Å². The predicted octanol–water partition coefficient (Wildman–Crippen LogP) is 1.24. The molecule has 2 heterocycles. The zero-order valence-corrected chi connectivity index (χ0v) is 9.13. The van der Waals surface area contributed by atoms with Gasteiger partial charge >= 0.3 is 0 Å². The molecule has 17 heavy (non-hydrogen) atoms. The molecule has 3 N–H and O–H groups in total. The Balaban J connectivity index is 1.98. The van der Waals surface area contributed by atoms with Gasteiger partial charge in [-0.05, 0) is 23.8 Å². The normalized spacial score (nSPS) is 9.88. The lowest BCUT2D eigenvalue weighted by atomic mass is 10.2. The summed E-state index contributed by atoms with van der Waals surface area (Å²) in [5.41, 5.74) is 6.37. The highest BCUT2D eigenvalue weighted by molar-refractivity contribution is 5.91. The van der Waals surface area contributed by atoms with E-state index in [1.807, 2.05) is 6.07 Å². The van der Waals surface area contributed by atoms with Crippen molar-refractivity contribution in [3.8, 4) is 0 Å². The van der Waals surface area contributed by atoms with Crippen molar-refractivity contribution in [2.24, 2.45) is 0 Å². The smallest absolute Gasteiger partial charge is 0.230 e. The summed E-state index contributed by atoms with van der Waals surface area (Å²) < 4.78 is 0. The van der Waals surface area contributed by atoms with Gasteiger partial charge in [-0.2, -0.15) is 0 Å². The van der Waals surface area contributed by atoms with Crippen molar-refractivity contribution in [1.82, 2.24) is 9.97 Å². The first kappa shape index (κ1) is 11.1. The third-order valence-corrected chi connectivity index (χ3v) is 2.13. The number of amides is 1. The minimum atomic E-state index is -0.142. The molecule has 5 nitrogen and oxygen atoms in total. The molecule has 0 aromatic carbocycles. The highest BCUT2D eigenvalue weighted by Gasteiger charge is 2.04. The summed E-state index contributed by atoms with van der Waals surface area (Å²) in [6, 6.07) is 8.73. The first-order valence-electron chi connectivity index (χ1n) is 5.15. The molecular weight excluding hydrogens is 216 g/mol. The number of anilines is 2. The second-order valence-electron chi connectivity index (χ2n) is 3.53. The van der Waals surface area contributed by atoms with E-state index in [-0.39, 0.29) is 12.3 Å². The second kappa shape index (κ2) is 5.07. The third kappa shape index (κ3) is 3.27. The van der Waals surface area contributed by atoms with Crippen LogP contribution in [0.3, 0.4) is 0 Å². The third-order valence-electron chi connectivity index (χ3n) is 2.13. The number of nitrogens with one attached hydrogen (secondary N) is 1. The van der Waals surface area contributed by atoms with E-state index in [0.717, 1.165) is 5.56 Å². The number of rotatable bonds is 3. The molecule has 0 aliphatic carbocycles. The Labute approximate surface area is 98.7 Å². The predicted molar refractivity (Wildman–Crippen MR) is 65.2 cm³/mol. The van der Waals surface area contributed by atoms with Crippen LogP contribution < -0.4 is 11.1 Å². The van der Waals surface area contributed by atoms with Gasteiger partial charge in [0.05, 0.1) is 6.42 Å². The molecule has 0 atom stereocenters. The summed E-state index contributed by atoms with van der Waals surface area (Å²) >= 11 is 0. The van der Waals surface area contributed by atoms with Crippen molar-refractivity contribution in [3.05, 3.63) is 48.3 Å². The Bertz CT molecular complexity index is 513. The number of carbonyl (C=O) groups is 1. The summed E-state index contributed by atoms with van der Waals surface area (Å²) in [7, 11) is 0.